The number of rotatable bonds is 7. The van der Waals surface area contributed by atoms with Gasteiger partial charge in [-0.05, 0) is 40.4 Å². The molecule has 2 N–H and O–H groups in total. The van der Waals surface area contributed by atoms with Crippen LogP contribution in [0.15, 0.2) is 0 Å². The molecule has 3 nitrogen and oxygen atoms in total. The topological polar surface area (TPSA) is 32.5 Å². The fourth-order valence-electron chi connectivity index (χ4n) is 1.80. The smallest absolute Gasteiger partial charge is 0.0194 e. The standard InChI is InChI=1S/C12H29N3/c1-7-15(8-10(2)12(4)13)11(3)9-14(5)6/h10-12H,7-9,13H2,1-6H3. The van der Waals surface area contributed by atoms with E-state index in [1.165, 1.54) is 0 Å². The van der Waals surface area contributed by atoms with Crippen molar-refractivity contribution in [1.29, 1.82) is 0 Å². The normalized spacial score (nSPS) is 18.2. The predicted octanol–water partition coefficient (Wildman–Crippen LogP) is 1.24. The van der Waals surface area contributed by atoms with Gasteiger partial charge in [0, 0.05) is 25.2 Å². The lowest BCUT2D eigenvalue weighted by Crippen LogP contribution is -2.44. The number of likely N-dealkylation sites (N-methyl/N-ethyl adjacent to an activating group) is 2. The molecular formula is C12H29N3. The summed E-state index contributed by atoms with van der Waals surface area (Å²) in [5, 5.41) is 0. The molecule has 0 fully saturated rings. The van der Waals surface area contributed by atoms with Crippen LogP contribution in [0.1, 0.15) is 27.7 Å². The third-order valence-electron chi connectivity index (χ3n) is 3.08. The largest absolute Gasteiger partial charge is 0.328 e. The third kappa shape index (κ3) is 6.13. The van der Waals surface area contributed by atoms with Crippen LogP contribution in [0.25, 0.3) is 0 Å². The van der Waals surface area contributed by atoms with E-state index in [9.17, 15) is 0 Å². The molecule has 0 heterocycles. The molecule has 0 aliphatic carbocycles. The maximum absolute atomic E-state index is 5.90. The SMILES string of the molecule is CCN(CC(C)C(C)N)C(C)CN(C)C. The van der Waals surface area contributed by atoms with Crippen molar-refractivity contribution in [2.75, 3.05) is 33.7 Å². The molecule has 0 rings (SSSR count). The number of nitrogens with two attached hydrogens (primary N) is 1. The van der Waals surface area contributed by atoms with Gasteiger partial charge in [-0.2, -0.15) is 0 Å². The zero-order valence-electron chi connectivity index (χ0n) is 11.3. The number of hydrogen-bond donors (Lipinski definition) is 1. The zero-order chi connectivity index (χ0) is 12.0. The van der Waals surface area contributed by atoms with Crippen LogP contribution in [0.5, 0.6) is 0 Å². The van der Waals surface area contributed by atoms with Crippen molar-refractivity contribution in [3.63, 3.8) is 0 Å². The molecule has 0 amide bonds. The van der Waals surface area contributed by atoms with Gasteiger partial charge in [0.05, 0.1) is 0 Å². The second-order valence-corrected chi connectivity index (χ2v) is 5.04. The van der Waals surface area contributed by atoms with Gasteiger partial charge in [0.1, 0.15) is 0 Å². The van der Waals surface area contributed by atoms with E-state index in [2.05, 4.69) is 51.6 Å². The molecule has 0 aromatic heterocycles. The van der Waals surface area contributed by atoms with E-state index >= 15 is 0 Å². The second-order valence-electron chi connectivity index (χ2n) is 5.04. The molecule has 3 unspecified atom stereocenters. The molecule has 0 radical (unpaired) electrons. The highest BCUT2D eigenvalue weighted by Gasteiger charge is 2.17. The summed E-state index contributed by atoms with van der Waals surface area (Å²) in [5.74, 6) is 0.564. The van der Waals surface area contributed by atoms with Crippen molar-refractivity contribution < 1.29 is 0 Å². The predicted molar refractivity (Wildman–Crippen MR) is 68.1 cm³/mol. The Balaban J connectivity index is 4.11. The van der Waals surface area contributed by atoms with E-state index in [0.717, 1.165) is 19.6 Å². The van der Waals surface area contributed by atoms with Crippen LogP contribution in [0.4, 0.5) is 0 Å². The van der Waals surface area contributed by atoms with E-state index in [0.29, 0.717) is 12.0 Å². The van der Waals surface area contributed by atoms with Crippen LogP contribution in [0.3, 0.4) is 0 Å². The molecule has 0 saturated carbocycles. The molecule has 0 aliphatic heterocycles. The van der Waals surface area contributed by atoms with Crippen LogP contribution >= 0.6 is 0 Å². The Hall–Kier alpha value is -0.120. The van der Waals surface area contributed by atoms with Crippen LogP contribution in [0.2, 0.25) is 0 Å². The summed E-state index contributed by atoms with van der Waals surface area (Å²) in [6.45, 7) is 12.1. The molecule has 92 valence electrons. The van der Waals surface area contributed by atoms with Gasteiger partial charge in [-0.3, -0.25) is 4.90 Å². The van der Waals surface area contributed by atoms with Crippen molar-refractivity contribution >= 4 is 0 Å². The van der Waals surface area contributed by atoms with Crippen LogP contribution in [-0.2, 0) is 0 Å². The summed E-state index contributed by atoms with van der Waals surface area (Å²) in [6, 6.07) is 0.886. The summed E-state index contributed by atoms with van der Waals surface area (Å²) in [4.78, 5) is 4.75. The van der Waals surface area contributed by atoms with Gasteiger partial charge >= 0.3 is 0 Å². The Labute approximate surface area is 95.6 Å². The lowest BCUT2D eigenvalue weighted by atomic mass is 10.0. The first-order valence-electron chi connectivity index (χ1n) is 6.02. The number of hydrogen-bond acceptors (Lipinski definition) is 3. The van der Waals surface area contributed by atoms with Crippen molar-refractivity contribution in [3.8, 4) is 0 Å². The van der Waals surface area contributed by atoms with E-state index in [1.807, 2.05) is 0 Å². The van der Waals surface area contributed by atoms with Crippen molar-refractivity contribution in [2.24, 2.45) is 11.7 Å². The quantitative estimate of drug-likeness (QED) is 0.693. The Bertz CT molecular complexity index is 157. The maximum atomic E-state index is 5.90. The molecule has 0 aromatic carbocycles. The highest BCUT2D eigenvalue weighted by molar-refractivity contribution is 4.74. The van der Waals surface area contributed by atoms with E-state index in [-0.39, 0.29) is 6.04 Å². The average Bonchev–Trinajstić information content (AvgIpc) is 2.11. The molecule has 3 atom stereocenters. The summed E-state index contributed by atoms with van der Waals surface area (Å²) in [6.07, 6.45) is 0. The Morgan fingerprint density at radius 3 is 1.93 bits per heavy atom. The minimum absolute atomic E-state index is 0.283. The van der Waals surface area contributed by atoms with Gasteiger partial charge in [-0.1, -0.05) is 13.8 Å². The molecule has 0 bridgehead atoms. The molecule has 0 spiro atoms. The summed E-state index contributed by atoms with van der Waals surface area (Å²) >= 11 is 0. The second kappa shape index (κ2) is 7.20. The number of nitrogens with zero attached hydrogens (tertiary/aromatic N) is 2. The van der Waals surface area contributed by atoms with Crippen molar-refractivity contribution in [2.45, 2.75) is 39.8 Å². The first-order chi connectivity index (χ1) is 6.88. The summed E-state index contributed by atoms with van der Waals surface area (Å²) in [5.41, 5.74) is 5.90. The minimum atomic E-state index is 0.283. The first-order valence-corrected chi connectivity index (χ1v) is 6.02. The monoisotopic (exact) mass is 215 g/mol. The lowest BCUT2D eigenvalue weighted by molar-refractivity contribution is 0.155. The Morgan fingerprint density at radius 1 is 1.07 bits per heavy atom. The average molecular weight is 215 g/mol. The van der Waals surface area contributed by atoms with Gasteiger partial charge < -0.3 is 10.6 Å². The van der Waals surface area contributed by atoms with Gasteiger partial charge in [0.15, 0.2) is 0 Å². The fraction of sp³-hybridized carbons (Fsp3) is 1.00. The summed E-state index contributed by atoms with van der Waals surface area (Å²) < 4.78 is 0. The lowest BCUT2D eigenvalue weighted by Gasteiger charge is -2.33. The van der Waals surface area contributed by atoms with Gasteiger partial charge in [-0.25, -0.2) is 0 Å². The molecule has 0 aromatic rings. The van der Waals surface area contributed by atoms with Crippen LogP contribution in [0, 0.1) is 5.92 Å². The van der Waals surface area contributed by atoms with E-state index in [1.54, 1.807) is 0 Å². The summed E-state index contributed by atoms with van der Waals surface area (Å²) in [7, 11) is 4.25. The van der Waals surface area contributed by atoms with Crippen molar-refractivity contribution in [1.82, 2.24) is 9.80 Å². The molecule has 15 heavy (non-hydrogen) atoms. The van der Waals surface area contributed by atoms with Gasteiger partial charge in [-0.15, -0.1) is 0 Å². The van der Waals surface area contributed by atoms with Crippen LogP contribution < -0.4 is 5.73 Å². The Kier molecular flexibility index (Phi) is 7.14. The Morgan fingerprint density at radius 2 is 1.60 bits per heavy atom. The minimum Gasteiger partial charge on any atom is -0.328 e. The van der Waals surface area contributed by atoms with Gasteiger partial charge in [0.25, 0.3) is 0 Å². The maximum Gasteiger partial charge on any atom is 0.0194 e. The molecule has 0 aliphatic rings. The fourth-order valence-corrected chi connectivity index (χ4v) is 1.80. The van der Waals surface area contributed by atoms with E-state index < -0.39 is 0 Å². The third-order valence-corrected chi connectivity index (χ3v) is 3.08. The van der Waals surface area contributed by atoms with Crippen LogP contribution in [-0.4, -0.2) is 55.6 Å². The zero-order valence-corrected chi connectivity index (χ0v) is 11.3. The molecule has 0 saturated heterocycles. The highest BCUT2D eigenvalue weighted by Crippen LogP contribution is 2.07. The molecular weight excluding hydrogens is 186 g/mol. The van der Waals surface area contributed by atoms with E-state index in [4.69, 9.17) is 5.73 Å². The van der Waals surface area contributed by atoms with Gasteiger partial charge in [0.2, 0.25) is 0 Å². The van der Waals surface area contributed by atoms with Crippen molar-refractivity contribution in [3.05, 3.63) is 0 Å². The highest BCUT2D eigenvalue weighted by atomic mass is 15.2. The molecule has 3 heteroatoms. The first kappa shape index (κ1) is 14.9.